The second kappa shape index (κ2) is 8.89. The molecule has 7 nitrogen and oxygen atoms in total. The number of sulfonamides is 1. The highest BCUT2D eigenvalue weighted by Gasteiger charge is 2.28. The number of anilines is 1. The van der Waals surface area contributed by atoms with Gasteiger partial charge >= 0.3 is 0 Å². The fraction of sp³-hybridized carbons (Fsp3) is 0.368. The Hall–Kier alpha value is -2.16. The number of hydrogen-bond donors (Lipinski definition) is 1. The van der Waals surface area contributed by atoms with Crippen LogP contribution < -0.4 is 10.9 Å². The Kier molecular flexibility index (Phi) is 6.53. The Balaban J connectivity index is 1.79. The van der Waals surface area contributed by atoms with Crippen LogP contribution in [0.25, 0.3) is 0 Å². The number of rotatable bonds is 5. The number of benzene rings is 1. The topological polar surface area (TPSA) is 88.5 Å². The minimum absolute atomic E-state index is 0.287. The van der Waals surface area contributed by atoms with Gasteiger partial charge in [-0.05, 0) is 49.2 Å². The average Bonchev–Trinajstić information content (AvgIpc) is 2.95. The van der Waals surface area contributed by atoms with Gasteiger partial charge in [0.2, 0.25) is 15.9 Å². The molecule has 9 heteroatoms. The Morgan fingerprint density at radius 1 is 1.04 bits per heavy atom. The van der Waals surface area contributed by atoms with Crippen LogP contribution in [0.1, 0.15) is 25.7 Å². The third-order valence-corrected chi connectivity index (χ3v) is 6.77. The molecule has 0 aliphatic carbocycles. The molecule has 1 aromatic carbocycles. The summed E-state index contributed by atoms with van der Waals surface area (Å²) in [6.45, 7) is 0.534. The van der Waals surface area contributed by atoms with Crippen molar-refractivity contribution in [3.63, 3.8) is 0 Å². The molecule has 2 heterocycles. The molecular weight excluding hydrogens is 402 g/mol. The first-order valence-electron chi connectivity index (χ1n) is 9.13. The van der Waals surface area contributed by atoms with Crippen molar-refractivity contribution in [3.05, 3.63) is 58.0 Å². The van der Waals surface area contributed by atoms with E-state index in [2.05, 4.69) is 5.32 Å². The molecule has 1 aliphatic rings. The number of pyridine rings is 1. The molecule has 3 rings (SSSR count). The number of nitrogens with zero attached hydrogens (tertiary/aromatic N) is 2. The zero-order valence-corrected chi connectivity index (χ0v) is 16.9. The summed E-state index contributed by atoms with van der Waals surface area (Å²) in [5.41, 5.74) is -0.159. The van der Waals surface area contributed by atoms with Gasteiger partial charge in [-0.3, -0.25) is 9.59 Å². The van der Waals surface area contributed by atoms with Crippen molar-refractivity contribution >= 4 is 33.2 Å². The van der Waals surface area contributed by atoms with Gasteiger partial charge in [0.05, 0.1) is 0 Å². The zero-order chi connectivity index (χ0) is 20.1. The van der Waals surface area contributed by atoms with Gasteiger partial charge in [-0.1, -0.05) is 24.4 Å². The fourth-order valence-electron chi connectivity index (χ4n) is 3.15. The molecule has 0 atom stereocenters. The predicted molar refractivity (Wildman–Crippen MR) is 108 cm³/mol. The molecule has 1 N–H and O–H groups in total. The number of aromatic nitrogens is 1. The zero-order valence-electron chi connectivity index (χ0n) is 15.3. The molecule has 0 radical (unpaired) electrons. The van der Waals surface area contributed by atoms with Crippen LogP contribution in [-0.2, 0) is 21.4 Å². The van der Waals surface area contributed by atoms with Crippen LogP contribution in [-0.4, -0.2) is 36.3 Å². The summed E-state index contributed by atoms with van der Waals surface area (Å²) in [5.74, 6) is -0.436. The summed E-state index contributed by atoms with van der Waals surface area (Å²) >= 11 is 5.81. The Labute approximate surface area is 169 Å². The Bertz CT molecular complexity index is 995. The largest absolute Gasteiger partial charge is 0.325 e. The van der Waals surface area contributed by atoms with Crippen LogP contribution in [0, 0.1) is 0 Å². The standard InChI is InChI=1S/C19H22ClN3O4S/c20-15-7-9-16(10-8-15)21-18(24)14-22-11-5-6-17(19(22)25)28(26,27)23-12-3-1-2-4-13-23/h5-11H,1-4,12-14H2,(H,21,24). The Morgan fingerprint density at radius 2 is 1.68 bits per heavy atom. The van der Waals surface area contributed by atoms with Gasteiger partial charge in [0.25, 0.3) is 5.56 Å². The first kappa shape index (κ1) is 20.6. The van der Waals surface area contributed by atoms with Gasteiger partial charge in [-0.25, -0.2) is 8.42 Å². The molecular formula is C19H22ClN3O4S. The number of carbonyl (C=O) groups is 1. The van der Waals surface area contributed by atoms with Gasteiger partial charge in [0, 0.05) is 30.0 Å². The lowest BCUT2D eigenvalue weighted by Gasteiger charge is -2.20. The number of carbonyl (C=O) groups excluding carboxylic acids is 1. The van der Waals surface area contributed by atoms with Gasteiger partial charge in [-0.2, -0.15) is 4.31 Å². The first-order valence-corrected chi connectivity index (χ1v) is 10.9. The summed E-state index contributed by atoms with van der Waals surface area (Å²) in [5, 5.41) is 3.20. The third-order valence-electron chi connectivity index (χ3n) is 4.61. The molecule has 1 amide bonds. The van der Waals surface area contributed by atoms with Crippen molar-refractivity contribution in [2.75, 3.05) is 18.4 Å². The van der Waals surface area contributed by atoms with Gasteiger partial charge in [-0.15, -0.1) is 0 Å². The van der Waals surface area contributed by atoms with Gasteiger partial charge < -0.3 is 9.88 Å². The molecule has 0 bridgehead atoms. The molecule has 0 spiro atoms. The maximum absolute atomic E-state index is 12.9. The molecule has 1 saturated heterocycles. The van der Waals surface area contributed by atoms with E-state index in [1.54, 1.807) is 24.3 Å². The fourth-order valence-corrected chi connectivity index (χ4v) is 4.88. The van der Waals surface area contributed by atoms with E-state index >= 15 is 0 Å². The molecule has 1 aromatic heterocycles. The predicted octanol–water partition coefficient (Wildman–Crippen LogP) is 2.71. The molecule has 1 fully saturated rings. The van der Waals surface area contributed by atoms with E-state index in [1.807, 2.05) is 0 Å². The van der Waals surface area contributed by atoms with E-state index in [0.29, 0.717) is 23.8 Å². The second-order valence-electron chi connectivity index (χ2n) is 6.68. The summed E-state index contributed by atoms with van der Waals surface area (Å²) < 4.78 is 28.3. The highest BCUT2D eigenvalue weighted by Crippen LogP contribution is 2.18. The third kappa shape index (κ3) is 4.81. The highest BCUT2D eigenvalue weighted by atomic mass is 35.5. The van der Waals surface area contributed by atoms with E-state index in [4.69, 9.17) is 11.6 Å². The minimum atomic E-state index is -3.88. The lowest BCUT2D eigenvalue weighted by molar-refractivity contribution is -0.116. The smallest absolute Gasteiger partial charge is 0.271 e. The van der Waals surface area contributed by atoms with Crippen LogP contribution >= 0.6 is 11.6 Å². The van der Waals surface area contributed by atoms with Crippen LogP contribution in [0.15, 0.2) is 52.3 Å². The van der Waals surface area contributed by atoms with Crippen LogP contribution in [0.4, 0.5) is 5.69 Å². The summed E-state index contributed by atoms with van der Waals surface area (Å²) in [6, 6.07) is 9.33. The molecule has 150 valence electrons. The van der Waals surface area contributed by atoms with E-state index in [9.17, 15) is 18.0 Å². The van der Waals surface area contributed by atoms with Crippen molar-refractivity contribution in [1.82, 2.24) is 8.87 Å². The lowest BCUT2D eigenvalue weighted by Crippen LogP contribution is -2.37. The maximum Gasteiger partial charge on any atom is 0.271 e. The molecule has 1 aliphatic heterocycles. The quantitative estimate of drug-likeness (QED) is 0.800. The van der Waals surface area contributed by atoms with E-state index in [1.165, 1.54) is 22.6 Å². The lowest BCUT2D eigenvalue weighted by atomic mass is 10.2. The SMILES string of the molecule is O=C(Cn1cccc(S(=O)(=O)N2CCCCCC2)c1=O)Nc1ccc(Cl)cc1. The van der Waals surface area contributed by atoms with Crippen molar-refractivity contribution < 1.29 is 13.2 Å². The minimum Gasteiger partial charge on any atom is -0.325 e. The number of hydrogen-bond acceptors (Lipinski definition) is 4. The second-order valence-corrected chi connectivity index (χ2v) is 9.02. The molecule has 0 saturated carbocycles. The summed E-state index contributed by atoms with van der Waals surface area (Å²) in [4.78, 5) is 24.7. The number of nitrogens with one attached hydrogen (secondary N) is 1. The maximum atomic E-state index is 12.9. The summed E-state index contributed by atoms with van der Waals surface area (Å²) in [6.07, 6.45) is 4.94. The van der Waals surface area contributed by atoms with Gasteiger partial charge in [0.15, 0.2) is 0 Å². The van der Waals surface area contributed by atoms with Crippen LogP contribution in [0.3, 0.4) is 0 Å². The molecule has 2 aromatic rings. The van der Waals surface area contributed by atoms with Crippen molar-refractivity contribution in [3.8, 4) is 0 Å². The van der Waals surface area contributed by atoms with E-state index in [0.717, 1.165) is 30.3 Å². The van der Waals surface area contributed by atoms with Crippen LogP contribution in [0.2, 0.25) is 5.02 Å². The van der Waals surface area contributed by atoms with Crippen molar-refractivity contribution in [1.29, 1.82) is 0 Å². The van der Waals surface area contributed by atoms with Crippen molar-refractivity contribution in [2.24, 2.45) is 0 Å². The number of amides is 1. The van der Waals surface area contributed by atoms with E-state index < -0.39 is 21.5 Å². The monoisotopic (exact) mass is 423 g/mol. The highest BCUT2D eigenvalue weighted by molar-refractivity contribution is 7.89. The van der Waals surface area contributed by atoms with Gasteiger partial charge in [0.1, 0.15) is 11.4 Å². The first-order chi connectivity index (χ1) is 13.4. The number of halogens is 1. The molecule has 0 unspecified atom stereocenters. The molecule has 28 heavy (non-hydrogen) atoms. The average molecular weight is 424 g/mol. The Morgan fingerprint density at radius 3 is 2.32 bits per heavy atom. The van der Waals surface area contributed by atoms with Crippen LogP contribution in [0.5, 0.6) is 0 Å². The van der Waals surface area contributed by atoms with Crippen molar-refractivity contribution in [2.45, 2.75) is 37.1 Å². The summed E-state index contributed by atoms with van der Waals surface area (Å²) in [7, 11) is -3.88. The van der Waals surface area contributed by atoms with E-state index in [-0.39, 0.29) is 11.4 Å². The normalized spacial score (nSPS) is 15.8.